The number of rotatable bonds is 5. The Morgan fingerprint density at radius 3 is 2.67 bits per heavy atom. The summed E-state index contributed by atoms with van der Waals surface area (Å²) < 4.78 is 0. The molecule has 96 valence electrons. The maximum Gasteiger partial charge on any atom is 0.326 e. The van der Waals surface area contributed by atoms with Gasteiger partial charge in [-0.1, -0.05) is 11.6 Å². The Hall–Kier alpha value is -2.15. The lowest BCUT2D eigenvalue weighted by Gasteiger charge is -2.13. The Labute approximate surface area is 107 Å². The van der Waals surface area contributed by atoms with Gasteiger partial charge in [0.05, 0.1) is 17.0 Å². The van der Waals surface area contributed by atoms with Crippen molar-refractivity contribution in [2.45, 2.75) is 12.5 Å². The molecule has 0 aliphatic rings. The second-order valence-electron chi connectivity index (χ2n) is 3.39. The molecule has 18 heavy (non-hydrogen) atoms. The van der Waals surface area contributed by atoms with Crippen molar-refractivity contribution in [2.75, 3.05) is 0 Å². The highest BCUT2D eigenvalue weighted by Crippen LogP contribution is 2.13. The number of halogens is 1. The number of aliphatic carboxylic acids is 1. The number of amides is 2. The maximum absolute atomic E-state index is 11.7. The lowest BCUT2D eigenvalue weighted by molar-refractivity contribution is -0.140. The number of nitrogens with two attached hydrogens (primary N) is 1. The van der Waals surface area contributed by atoms with Gasteiger partial charge in [0.2, 0.25) is 5.91 Å². The van der Waals surface area contributed by atoms with Crippen LogP contribution in [0, 0.1) is 0 Å². The van der Waals surface area contributed by atoms with Crippen molar-refractivity contribution in [1.29, 1.82) is 0 Å². The fourth-order valence-corrected chi connectivity index (χ4v) is 1.40. The zero-order valence-corrected chi connectivity index (χ0v) is 9.85. The predicted octanol–water partition coefficient (Wildman–Crippen LogP) is -0.207. The number of aromatic nitrogens is 1. The van der Waals surface area contributed by atoms with Crippen LogP contribution in [0.4, 0.5) is 0 Å². The zero-order valence-electron chi connectivity index (χ0n) is 9.09. The van der Waals surface area contributed by atoms with Crippen LogP contribution in [0.5, 0.6) is 0 Å². The summed E-state index contributed by atoms with van der Waals surface area (Å²) in [5.41, 5.74) is 4.96. The van der Waals surface area contributed by atoms with Crippen LogP contribution in [0.2, 0.25) is 5.02 Å². The van der Waals surface area contributed by atoms with E-state index in [1.165, 1.54) is 18.5 Å². The van der Waals surface area contributed by atoms with Gasteiger partial charge in [-0.3, -0.25) is 14.6 Å². The highest BCUT2D eigenvalue weighted by Gasteiger charge is 2.23. The molecule has 1 rings (SSSR count). The minimum atomic E-state index is -1.39. The Morgan fingerprint density at radius 2 is 2.17 bits per heavy atom. The Bertz CT molecular complexity index is 492. The molecule has 1 atom stereocenters. The minimum Gasteiger partial charge on any atom is -0.480 e. The molecule has 2 amide bonds. The summed E-state index contributed by atoms with van der Waals surface area (Å²) in [5, 5.41) is 11.1. The smallest absolute Gasteiger partial charge is 0.326 e. The molecule has 8 heteroatoms. The fraction of sp³-hybridized carbons (Fsp3) is 0.200. The molecule has 0 fully saturated rings. The van der Waals surface area contributed by atoms with Gasteiger partial charge in [0.1, 0.15) is 6.04 Å². The van der Waals surface area contributed by atoms with Crippen LogP contribution < -0.4 is 11.1 Å². The van der Waals surface area contributed by atoms with Gasteiger partial charge in [-0.05, 0) is 6.07 Å². The number of carboxylic acid groups (broad SMARTS) is 1. The molecule has 0 radical (unpaired) electrons. The second kappa shape index (κ2) is 5.97. The number of primary amides is 1. The van der Waals surface area contributed by atoms with Gasteiger partial charge in [0.25, 0.3) is 5.91 Å². The number of hydrogen-bond donors (Lipinski definition) is 3. The molecular formula is C10H10ClN3O4. The van der Waals surface area contributed by atoms with Crippen molar-refractivity contribution in [3.05, 3.63) is 29.0 Å². The van der Waals surface area contributed by atoms with Crippen LogP contribution >= 0.6 is 11.6 Å². The summed E-state index contributed by atoms with van der Waals surface area (Å²) in [5.74, 6) is -2.90. The van der Waals surface area contributed by atoms with Gasteiger partial charge in [-0.15, -0.1) is 0 Å². The van der Waals surface area contributed by atoms with E-state index in [-0.39, 0.29) is 10.6 Å². The third-order valence-electron chi connectivity index (χ3n) is 2.03. The number of hydrogen-bond acceptors (Lipinski definition) is 4. The standard InChI is InChI=1S/C10H10ClN3O4/c11-6-4-13-2-1-5(6)9(16)14-7(10(17)18)3-8(12)15/h1-2,4,7H,3H2,(H2,12,15)(H,14,16)(H,17,18)/t7-/m1/s1. The van der Waals surface area contributed by atoms with E-state index in [0.29, 0.717) is 0 Å². The SMILES string of the molecule is NC(=O)C[C@@H](NC(=O)c1ccncc1Cl)C(=O)O. The van der Waals surface area contributed by atoms with Crippen molar-refractivity contribution < 1.29 is 19.5 Å². The Morgan fingerprint density at radius 1 is 1.50 bits per heavy atom. The van der Waals surface area contributed by atoms with Crippen LogP contribution in [0.15, 0.2) is 18.5 Å². The highest BCUT2D eigenvalue weighted by atomic mass is 35.5. The number of nitrogens with one attached hydrogen (secondary N) is 1. The topological polar surface area (TPSA) is 122 Å². The summed E-state index contributed by atoms with van der Waals surface area (Å²) in [4.78, 5) is 36.9. The Kier molecular flexibility index (Phi) is 4.61. The van der Waals surface area contributed by atoms with Crippen molar-refractivity contribution >= 4 is 29.4 Å². The fourth-order valence-electron chi connectivity index (χ4n) is 1.20. The molecule has 0 spiro atoms. The maximum atomic E-state index is 11.7. The molecule has 7 nitrogen and oxygen atoms in total. The number of carbonyl (C=O) groups excluding carboxylic acids is 2. The lowest BCUT2D eigenvalue weighted by Crippen LogP contribution is -2.43. The van der Waals surface area contributed by atoms with Crippen molar-refractivity contribution in [1.82, 2.24) is 10.3 Å². The molecular weight excluding hydrogens is 262 g/mol. The molecule has 0 bridgehead atoms. The molecule has 1 aromatic heterocycles. The predicted molar refractivity (Wildman–Crippen MR) is 61.9 cm³/mol. The summed E-state index contributed by atoms with van der Waals surface area (Å²) in [6.07, 6.45) is 2.09. The highest BCUT2D eigenvalue weighted by molar-refractivity contribution is 6.33. The Balaban J connectivity index is 2.82. The average Bonchev–Trinajstić information content (AvgIpc) is 2.27. The summed E-state index contributed by atoms with van der Waals surface area (Å²) >= 11 is 5.73. The van der Waals surface area contributed by atoms with Crippen molar-refractivity contribution in [3.8, 4) is 0 Å². The van der Waals surface area contributed by atoms with Gasteiger partial charge in [0, 0.05) is 12.4 Å². The monoisotopic (exact) mass is 271 g/mol. The zero-order chi connectivity index (χ0) is 13.7. The van der Waals surface area contributed by atoms with Crippen LogP contribution in [0.25, 0.3) is 0 Å². The van der Waals surface area contributed by atoms with Crippen LogP contribution in [0.1, 0.15) is 16.8 Å². The van der Waals surface area contributed by atoms with E-state index in [1.807, 2.05) is 0 Å². The van der Waals surface area contributed by atoms with E-state index in [0.717, 1.165) is 0 Å². The first kappa shape index (κ1) is 13.9. The molecule has 0 saturated carbocycles. The number of pyridine rings is 1. The second-order valence-corrected chi connectivity index (χ2v) is 3.80. The third kappa shape index (κ3) is 3.70. The van der Waals surface area contributed by atoms with Crippen LogP contribution in [0.3, 0.4) is 0 Å². The normalized spacial score (nSPS) is 11.6. The molecule has 0 unspecified atom stereocenters. The largest absolute Gasteiger partial charge is 0.480 e. The van der Waals surface area contributed by atoms with E-state index in [9.17, 15) is 14.4 Å². The van der Waals surface area contributed by atoms with Crippen molar-refractivity contribution in [3.63, 3.8) is 0 Å². The number of nitrogens with zero attached hydrogens (tertiary/aromatic N) is 1. The van der Waals surface area contributed by atoms with Crippen molar-refractivity contribution in [2.24, 2.45) is 5.73 Å². The van der Waals surface area contributed by atoms with E-state index in [2.05, 4.69) is 10.3 Å². The molecule has 4 N–H and O–H groups in total. The third-order valence-corrected chi connectivity index (χ3v) is 2.33. The van der Waals surface area contributed by atoms with E-state index < -0.39 is 30.2 Å². The van der Waals surface area contributed by atoms with E-state index in [1.54, 1.807) is 0 Å². The molecule has 0 aromatic carbocycles. The lowest BCUT2D eigenvalue weighted by atomic mass is 10.1. The number of carboxylic acids is 1. The first-order chi connectivity index (χ1) is 8.41. The molecule has 1 heterocycles. The van der Waals surface area contributed by atoms with Gasteiger partial charge < -0.3 is 16.2 Å². The van der Waals surface area contributed by atoms with E-state index >= 15 is 0 Å². The van der Waals surface area contributed by atoms with Gasteiger partial charge in [0.15, 0.2) is 0 Å². The summed E-state index contributed by atoms with van der Waals surface area (Å²) in [7, 11) is 0. The van der Waals surface area contributed by atoms with Crippen LogP contribution in [-0.2, 0) is 9.59 Å². The van der Waals surface area contributed by atoms with Gasteiger partial charge >= 0.3 is 5.97 Å². The quantitative estimate of drug-likeness (QED) is 0.684. The molecule has 1 aromatic rings. The summed E-state index contributed by atoms with van der Waals surface area (Å²) in [6.45, 7) is 0. The molecule has 0 saturated heterocycles. The first-order valence-corrected chi connectivity index (χ1v) is 5.21. The van der Waals surface area contributed by atoms with Gasteiger partial charge in [-0.25, -0.2) is 4.79 Å². The molecule has 0 aliphatic carbocycles. The molecule has 0 aliphatic heterocycles. The first-order valence-electron chi connectivity index (χ1n) is 4.83. The van der Waals surface area contributed by atoms with Crippen LogP contribution in [-0.4, -0.2) is 33.9 Å². The average molecular weight is 272 g/mol. The number of carbonyl (C=O) groups is 3. The van der Waals surface area contributed by atoms with Gasteiger partial charge in [-0.2, -0.15) is 0 Å². The minimum absolute atomic E-state index is 0.0717. The summed E-state index contributed by atoms with van der Waals surface area (Å²) in [6, 6.07) is -0.0554. The van der Waals surface area contributed by atoms with E-state index in [4.69, 9.17) is 22.4 Å².